The van der Waals surface area contributed by atoms with E-state index < -0.39 is 0 Å². The molecule has 2 aromatic rings. The van der Waals surface area contributed by atoms with Crippen molar-refractivity contribution in [3.05, 3.63) is 42.4 Å². The normalized spacial score (nSPS) is 27.6. The highest BCUT2D eigenvalue weighted by Gasteiger charge is 2.42. The van der Waals surface area contributed by atoms with Crippen LogP contribution in [0.3, 0.4) is 0 Å². The topological polar surface area (TPSA) is 57.7 Å². The summed E-state index contributed by atoms with van der Waals surface area (Å²) in [6, 6.07) is 11.4. The number of nitrogens with zero attached hydrogens (tertiary/aromatic N) is 5. The van der Waals surface area contributed by atoms with Crippen LogP contribution in [0.25, 0.3) is 0 Å². The first-order chi connectivity index (χ1) is 10.3. The van der Waals surface area contributed by atoms with Crippen LogP contribution >= 0.6 is 0 Å². The van der Waals surface area contributed by atoms with Crippen LogP contribution in [0.2, 0.25) is 0 Å². The molecule has 2 aromatic heterocycles. The summed E-state index contributed by atoms with van der Waals surface area (Å²) in [5, 5.41) is 13.4. The summed E-state index contributed by atoms with van der Waals surface area (Å²) in [4.78, 5) is 6.92. The van der Waals surface area contributed by atoms with Gasteiger partial charge in [0.25, 0.3) is 0 Å². The molecule has 5 heteroatoms. The van der Waals surface area contributed by atoms with Gasteiger partial charge in [-0.3, -0.25) is 4.68 Å². The van der Waals surface area contributed by atoms with Crippen molar-refractivity contribution in [3.63, 3.8) is 0 Å². The Labute approximate surface area is 123 Å². The van der Waals surface area contributed by atoms with E-state index in [1.54, 1.807) is 6.07 Å². The Bertz CT molecular complexity index is 658. The number of piperidine rings is 1. The number of aromatic nitrogens is 3. The van der Waals surface area contributed by atoms with Crippen LogP contribution in [0.4, 0.5) is 5.82 Å². The molecule has 5 nitrogen and oxygen atoms in total. The van der Waals surface area contributed by atoms with Gasteiger partial charge in [0, 0.05) is 24.5 Å². The van der Waals surface area contributed by atoms with E-state index in [9.17, 15) is 0 Å². The first-order valence-electron chi connectivity index (χ1n) is 7.50. The fourth-order valence-electron chi connectivity index (χ4n) is 3.86. The van der Waals surface area contributed by atoms with Crippen molar-refractivity contribution in [2.24, 2.45) is 0 Å². The van der Waals surface area contributed by atoms with Crippen molar-refractivity contribution in [1.29, 1.82) is 5.26 Å². The number of anilines is 1. The predicted molar refractivity (Wildman–Crippen MR) is 78.7 cm³/mol. The third kappa shape index (κ3) is 2.07. The van der Waals surface area contributed by atoms with E-state index in [0.29, 0.717) is 23.8 Å². The van der Waals surface area contributed by atoms with Gasteiger partial charge in [-0.25, -0.2) is 4.98 Å². The molecule has 4 heterocycles. The van der Waals surface area contributed by atoms with Gasteiger partial charge in [0.05, 0.1) is 6.04 Å². The van der Waals surface area contributed by atoms with Crippen LogP contribution in [0.1, 0.15) is 37.4 Å². The van der Waals surface area contributed by atoms with Crippen molar-refractivity contribution in [2.75, 3.05) is 4.90 Å². The number of fused-ring (bicyclic) bond motifs is 2. The molecule has 0 aromatic carbocycles. The average Bonchev–Trinajstić information content (AvgIpc) is 3.14. The molecule has 21 heavy (non-hydrogen) atoms. The van der Waals surface area contributed by atoms with Gasteiger partial charge in [0.15, 0.2) is 0 Å². The van der Waals surface area contributed by atoms with E-state index in [-0.39, 0.29) is 0 Å². The van der Waals surface area contributed by atoms with Crippen molar-refractivity contribution in [1.82, 2.24) is 14.8 Å². The second kappa shape index (κ2) is 4.88. The molecule has 0 aliphatic carbocycles. The lowest BCUT2D eigenvalue weighted by molar-refractivity contribution is 0.313. The van der Waals surface area contributed by atoms with E-state index >= 15 is 0 Å². The quantitative estimate of drug-likeness (QED) is 0.847. The second-order valence-corrected chi connectivity index (χ2v) is 5.90. The van der Waals surface area contributed by atoms with Crippen LogP contribution < -0.4 is 4.90 Å². The summed E-state index contributed by atoms with van der Waals surface area (Å²) in [6.45, 7) is 0. The number of hydrogen-bond acceptors (Lipinski definition) is 4. The SMILES string of the molecule is N#Cc1cccc(N2C3CCC2CC(n2cccn2)C3)n1. The van der Waals surface area contributed by atoms with Gasteiger partial charge in [-0.2, -0.15) is 10.4 Å². The maximum absolute atomic E-state index is 9.03. The van der Waals surface area contributed by atoms with E-state index in [2.05, 4.69) is 31.9 Å². The fraction of sp³-hybridized carbons (Fsp3) is 0.438. The Morgan fingerprint density at radius 2 is 1.90 bits per heavy atom. The molecule has 0 amide bonds. The molecular weight excluding hydrogens is 262 g/mol. The molecule has 0 spiro atoms. The van der Waals surface area contributed by atoms with Gasteiger partial charge in [-0.05, 0) is 43.9 Å². The molecule has 2 bridgehead atoms. The van der Waals surface area contributed by atoms with Gasteiger partial charge < -0.3 is 4.90 Å². The number of nitriles is 1. The molecule has 2 aliphatic heterocycles. The highest BCUT2D eigenvalue weighted by Crippen LogP contribution is 2.42. The molecule has 0 saturated carbocycles. The zero-order valence-corrected chi connectivity index (χ0v) is 11.8. The van der Waals surface area contributed by atoms with Gasteiger partial charge in [0.2, 0.25) is 0 Å². The first kappa shape index (κ1) is 12.4. The van der Waals surface area contributed by atoms with E-state index in [4.69, 9.17) is 5.26 Å². The maximum Gasteiger partial charge on any atom is 0.142 e. The van der Waals surface area contributed by atoms with Crippen molar-refractivity contribution >= 4 is 5.82 Å². The highest BCUT2D eigenvalue weighted by atomic mass is 15.3. The van der Waals surface area contributed by atoms with Gasteiger partial charge in [0.1, 0.15) is 17.6 Å². The number of rotatable bonds is 2. The third-order valence-electron chi connectivity index (χ3n) is 4.72. The monoisotopic (exact) mass is 279 g/mol. The lowest BCUT2D eigenvalue weighted by Crippen LogP contribution is -2.44. The zero-order chi connectivity index (χ0) is 14.2. The van der Waals surface area contributed by atoms with E-state index in [1.165, 1.54) is 12.8 Å². The molecule has 2 unspecified atom stereocenters. The molecule has 2 aliphatic rings. The fourth-order valence-corrected chi connectivity index (χ4v) is 3.86. The van der Waals surface area contributed by atoms with Crippen LogP contribution in [0.15, 0.2) is 36.7 Å². The lowest BCUT2D eigenvalue weighted by atomic mass is 9.97. The van der Waals surface area contributed by atoms with Gasteiger partial charge in [-0.1, -0.05) is 6.07 Å². The standard InChI is InChI=1S/C16H17N5/c17-11-12-3-1-4-16(19-12)21-13-5-6-14(21)10-15(9-13)20-8-2-7-18-20/h1-4,7-8,13-15H,5-6,9-10H2. The summed E-state index contributed by atoms with van der Waals surface area (Å²) < 4.78 is 2.10. The smallest absolute Gasteiger partial charge is 0.142 e. The largest absolute Gasteiger partial charge is 0.350 e. The zero-order valence-electron chi connectivity index (χ0n) is 11.8. The van der Waals surface area contributed by atoms with Gasteiger partial charge in [-0.15, -0.1) is 0 Å². The molecule has 106 valence electrons. The van der Waals surface area contributed by atoms with Crippen LogP contribution in [0, 0.1) is 11.3 Å². The first-order valence-corrected chi connectivity index (χ1v) is 7.50. The molecule has 2 saturated heterocycles. The molecular formula is C16H17N5. The van der Waals surface area contributed by atoms with Crippen LogP contribution in [-0.2, 0) is 0 Å². The summed E-state index contributed by atoms with van der Waals surface area (Å²) in [5.74, 6) is 0.959. The Morgan fingerprint density at radius 1 is 1.10 bits per heavy atom. The molecule has 0 radical (unpaired) electrons. The van der Waals surface area contributed by atoms with Crippen LogP contribution in [-0.4, -0.2) is 26.8 Å². The number of pyridine rings is 1. The molecule has 2 atom stereocenters. The van der Waals surface area contributed by atoms with E-state index in [1.807, 2.05) is 24.4 Å². The Kier molecular flexibility index (Phi) is 2.88. The minimum absolute atomic E-state index is 0.493. The Balaban J connectivity index is 1.61. The molecule has 2 fully saturated rings. The Hall–Kier alpha value is -2.35. The van der Waals surface area contributed by atoms with Crippen molar-refractivity contribution in [3.8, 4) is 6.07 Å². The maximum atomic E-state index is 9.03. The third-order valence-corrected chi connectivity index (χ3v) is 4.72. The number of hydrogen-bond donors (Lipinski definition) is 0. The van der Waals surface area contributed by atoms with Crippen molar-refractivity contribution < 1.29 is 0 Å². The van der Waals surface area contributed by atoms with Crippen LogP contribution in [0.5, 0.6) is 0 Å². The predicted octanol–water partition coefficient (Wildman–Crippen LogP) is 2.52. The minimum Gasteiger partial charge on any atom is -0.350 e. The molecule has 0 N–H and O–H groups in total. The average molecular weight is 279 g/mol. The minimum atomic E-state index is 0.493. The van der Waals surface area contributed by atoms with Crippen molar-refractivity contribution in [2.45, 2.75) is 43.8 Å². The molecule has 4 rings (SSSR count). The summed E-state index contributed by atoms with van der Waals surface area (Å²) in [7, 11) is 0. The summed E-state index contributed by atoms with van der Waals surface area (Å²) in [6.07, 6.45) is 8.55. The second-order valence-electron chi connectivity index (χ2n) is 5.90. The van der Waals surface area contributed by atoms with Gasteiger partial charge >= 0.3 is 0 Å². The summed E-state index contributed by atoms with van der Waals surface area (Å²) >= 11 is 0. The van der Waals surface area contributed by atoms with E-state index in [0.717, 1.165) is 18.7 Å². The lowest BCUT2D eigenvalue weighted by Gasteiger charge is -2.39. The summed E-state index contributed by atoms with van der Waals surface area (Å²) in [5.41, 5.74) is 0.501. The highest BCUT2D eigenvalue weighted by molar-refractivity contribution is 5.46. The Morgan fingerprint density at radius 3 is 2.57 bits per heavy atom.